The molecule has 1 saturated heterocycles. The fraction of sp³-hybridized carbons (Fsp3) is 0.448. The van der Waals surface area contributed by atoms with Crippen LogP contribution in [0.1, 0.15) is 44.4 Å². The molecule has 8 nitrogen and oxygen atoms in total. The van der Waals surface area contributed by atoms with Crippen molar-refractivity contribution >= 4 is 23.5 Å². The highest BCUT2D eigenvalue weighted by Gasteiger charge is 2.45. The van der Waals surface area contributed by atoms with Gasteiger partial charge in [-0.2, -0.15) is 0 Å². The molecule has 0 unspecified atom stereocenters. The van der Waals surface area contributed by atoms with E-state index in [1.807, 2.05) is 51.1 Å². The first-order valence-electron chi connectivity index (χ1n) is 12.5. The van der Waals surface area contributed by atoms with E-state index >= 15 is 0 Å². The summed E-state index contributed by atoms with van der Waals surface area (Å²) in [5, 5.41) is 13.9. The summed E-state index contributed by atoms with van der Waals surface area (Å²) >= 11 is 6.18. The Kier molecular flexibility index (Phi) is 10.3. The van der Waals surface area contributed by atoms with Gasteiger partial charge in [-0.15, -0.1) is 0 Å². The lowest BCUT2D eigenvalue weighted by atomic mass is 9.89. The summed E-state index contributed by atoms with van der Waals surface area (Å²) in [6.07, 6.45) is 1.80. The Morgan fingerprint density at radius 2 is 1.87 bits per heavy atom. The fourth-order valence-corrected chi connectivity index (χ4v) is 4.73. The number of ether oxygens (including phenoxy) is 4. The molecule has 0 aliphatic carbocycles. The maximum absolute atomic E-state index is 12.6. The Balaban J connectivity index is 1.60. The summed E-state index contributed by atoms with van der Waals surface area (Å²) in [6.45, 7) is 5.60. The molecule has 38 heavy (non-hydrogen) atoms. The first-order chi connectivity index (χ1) is 18.0. The molecule has 0 saturated carbocycles. The van der Waals surface area contributed by atoms with Gasteiger partial charge in [0.15, 0.2) is 5.79 Å². The van der Waals surface area contributed by atoms with Crippen LogP contribution >= 0.6 is 11.6 Å². The molecular formula is C29H36ClNO7. The third-order valence-electron chi connectivity index (χ3n) is 6.49. The van der Waals surface area contributed by atoms with Crippen molar-refractivity contribution in [3.63, 3.8) is 0 Å². The van der Waals surface area contributed by atoms with Gasteiger partial charge in [0.05, 0.1) is 31.5 Å². The number of hydrogen-bond donors (Lipinski definition) is 2. The Labute approximate surface area is 228 Å². The molecule has 2 N–H and O–H groups in total. The molecule has 1 heterocycles. The first kappa shape index (κ1) is 29.6. The molecule has 1 amide bonds. The van der Waals surface area contributed by atoms with E-state index in [1.54, 1.807) is 24.3 Å². The minimum absolute atomic E-state index is 0.186. The summed E-state index contributed by atoms with van der Waals surface area (Å²) in [7, 11) is 2.77. The van der Waals surface area contributed by atoms with Crippen LogP contribution in [0.25, 0.3) is 0 Å². The molecule has 0 radical (unpaired) electrons. The molecule has 0 bridgehead atoms. The zero-order valence-corrected chi connectivity index (χ0v) is 23.1. The SMILES string of the molecule is COC(=O)[C@@H](Cc1ccc(OC)c(Cl)c1)NC(=O)/C=C/C[C@H](O)[C@H](C)[C@H]1OC(C)(C)O[C@@H]1c1ccccc1. The van der Waals surface area contributed by atoms with Gasteiger partial charge in [0.1, 0.15) is 17.9 Å². The number of aliphatic hydroxyl groups excluding tert-OH is 1. The second-order valence-corrected chi connectivity index (χ2v) is 10.2. The highest BCUT2D eigenvalue weighted by molar-refractivity contribution is 6.32. The summed E-state index contributed by atoms with van der Waals surface area (Å²) < 4.78 is 22.3. The molecule has 5 atom stereocenters. The maximum Gasteiger partial charge on any atom is 0.328 e. The molecule has 2 aromatic rings. The zero-order chi connectivity index (χ0) is 27.9. The van der Waals surface area contributed by atoms with Crippen molar-refractivity contribution in [2.75, 3.05) is 14.2 Å². The number of aliphatic hydroxyl groups is 1. The van der Waals surface area contributed by atoms with Crippen molar-refractivity contribution in [1.29, 1.82) is 0 Å². The van der Waals surface area contributed by atoms with Gasteiger partial charge in [0.2, 0.25) is 5.91 Å². The van der Waals surface area contributed by atoms with Crippen molar-refractivity contribution in [3.8, 4) is 5.75 Å². The number of nitrogens with one attached hydrogen (secondary N) is 1. The second kappa shape index (κ2) is 13.2. The number of halogens is 1. The fourth-order valence-electron chi connectivity index (χ4n) is 4.45. The quantitative estimate of drug-likeness (QED) is 0.319. The van der Waals surface area contributed by atoms with Crippen LogP contribution in [0.4, 0.5) is 0 Å². The van der Waals surface area contributed by atoms with Crippen LogP contribution in [-0.4, -0.2) is 55.2 Å². The van der Waals surface area contributed by atoms with Crippen molar-refractivity contribution in [3.05, 3.63) is 76.8 Å². The topological polar surface area (TPSA) is 103 Å². The lowest BCUT2D eigenvalue weighted by Crippen LogP contribution is -2.42. The highest BCUT2D eigenvalue weighted by atomic mass is 35.5. The van der Waals surface area contributed by atoms with E-state index in [9.17, 15) is 14.7 Å². The number of rotatable bonds is 11. The number of hydrogen-bond acceptors (Lipinski definition) is 7. The van der Waals surface area contributed by atoms with Crippen LogP contribution in [0.5, 0.6) is 5.75 Å². The number of benzene rings is 2. The van der Waals surface area contributed by atoms with Gasteiger partial charge in [-0.25, -0.2) is 4.79 Å². The molecule has 0 aromatic heterocycles. The van der Waals surface area contributed by atoms with E-state index in [4.69, 9.17) is 30.5 Å². The van der Waals surface area contributed by atoms with E-state index in [1.165, 1.54) is 20.3 Å². The van der Waals surface area contributed by atoms with Gasteiger partial charge in [0.25, 0.3) is 0 Å². The molecule has 1 fully saturated rings. The molecular weight excluding hydrogens is 510 g/mol. The largest absolute Gasteiger partial charge is 0.495 e. The molecule has 206 valence electrons. The third-order valence-corrected chi connectivity index (χ3v) is 6.78. The summed E-state index contributed by atoms with van der Waals surface area (Å²) in [5.74, 6) is -1.62. The maximum atomic E-state index is 12.6. The smallest absolute Gasteiger partial charge is 0.328 e. The molecule has 2 aromatic carbocycles. The van der Waals surface area contributed by atoms with Gasteiger partial charge >= 0.3 is 5.97 Å². The summed E-state index contributed by atoms with van der Waals surface area (Å²) in [4.78, 5) is 24.9. The van der Waals surface area contributed by atoms with Crippen molar-refractivity contribution in [2.24, 2.45) is 5.92 Å². The molecule has 1 aliphatic rings. The predicted molar refractivity (Wildman–Crippen MR) is 144 cm³/mol. The van der Waals surface area contributed by atoms with Gasteiger partial charge < -0.3 is 29.4 Å². The number of carbonyl (C=O) groups excluding carboxylic acids is 2. The second-order valence-electron chi connectivity index (χ2n) is 9.75. The van der Waals surface area contributed by atoms with E-state index in [2.05, 4.69) is 5.32 Å². The highest BCUT2D eigenvalue weighted by Crippen LogP contribution is 2.42. The number of carbonyl (C=O) groups is 2. The lowest BCUT2D eigenvalue weighted by Gasteiger charge is -2.27. The van der Waals surface area contributed by atoms with Crippen molar-refractivity contribution in [1.82, 2.24) is 5.32 Å². The first-order valence-corrected chi connectivity index (χ1v) is 12.9. The lowest BCUT2D eigenvalue weighted by molar-refractivity contribution is -0.153. The molecule has 0 spiro atoms. The Morgan fingerprint density at radius 3 is 2.50 bits per heavy atom. The monoisotopic (exact) mass is 545 g/mol. The molecule has 9 heteroatoms. The Morgan fingerprint density at radius 1 is 1.16 bits per heavy atom. The van der Waals surface area contributed by atoms with Crippen molar-refractivity contribution < 1.29 is 33.6 Å². The Hall–Kier alpha value is -2.91. The van der Waals surface area contributed by atoms with Crippen LogP contribution in [0.3, 0.4) is 0 Å². The number of esters is 1. The average molecular weight is 546 g/mol. The van der Waals surface area contributed by atoms with Crippen LogP contribution in [0.15, 0.2) is 60.7 Å². The summed E-state index contributed by atoms with van der Waals surface area (Å²) in [5.41, 5.74) is 1.71. The summed E-state index contributed by atoms with van der Waals surface area (Å²) in [6, 6.07) is 14.0. The van der Waals surface area contributed by atoms with E-state index < -0.39 is 29.8 Å². The van der Waals surface area contributed by atoms with Crippen LogP contribution in [-0.2, 0) is 30.2 Å². The van der Waals surface area contributed by atoms with Gasteiger partial charge in [-0.1, -0.05) is 61.0 Å². The van der Waals surface area contributed by atoms with Crippen LogP contribution in [0.2, 0.25) is 5.02 Å². The molecule has 1 aliphatic heterocycles. The zero-order valence-electron chi connectivity index (χ0n) is 22.3. The van der Waals surface area contributed by atoms with E-state index in [0.29, 0.717) is 10.8 Å². The predicted octanol–water partition coefficient (Wildman–Crippen LogP) is 4.39. The van der Waals surface area contributed by atoms with Gasteiger partial charge in [-0.3, -0.25) is 4.79 Å². The van der Waals surface area contributed by atoms with E-state index in [-0.39, 0.29) is 31.0 Å². The number of amides is 1. The van der Waals surface area contributed by atoms with Crippen molar-refractivity contribution in [2.45, 2.75) is 63.8 Å². The standard InChI is InChI=1S/C29H36ClNO7/c1-18(26-27(38-29(2,3)37-26)20-10-7-6-8-11-20)23(32)12-9-13-25(33)31-22(28(34)36-5)17-19-14-15-24(35-4)21(30)16-19/h6-11,13-16,18,22-23,26-27,32H,12,17H2,1-5H3,(H,31,33)/b13-9+/t18-,22+,23-,26+,27+/m0/s1. The minimum atomic E-state index is -0.914. The third kappa shape index (κ3) is 7.80. The minimum Gasteiger partial charge on any atom is -0.495 e. The normalized spacial score (nSPS) is 21.0. The van der Waals surface area contributed by atoms with Gasteiger partial charge in [-0.05, 0) is 49.6 Å². The van der Waals surface area contributed by atoms with Gasteiger partial charge in [0, 0.05) is 12.3 Å². The van der Waals surface area contributed by atoms with Crippen LogP contribution < -0.4 is 10.1 Å². The molecule has 3 rings (SSSR count). The Bertz CT molecular complexity index is 1120. The number of methoxy groups -OCH3 is 2. The van der Waals surface area contributed by atoms with Crippen LogP contribution in [0, 0.1) is 5.92 Å². The van der Waals surface area contributed by atoms with E-state index in [0.717, 1.165) is 11.1 Å². The average Bonchev–Trinajstić information content (AvgIpc) is 3.23.